The monoisotopic (exact) mass is 503 g/mol. The third-order valence-corrected chi connectivity index (χ3v) is 6.77. The van der Waals surface area contributed by atoms with Crippen molar-refractivity contribution in [2.75, 3.05) is 24.2 Å². The van der Waals surface area contributed by atoms with Gasteiger partial charge >= 0.3 is 0 Å². The number of aryl methyl sites for hydroxylation is 2. The summed E-state index contributed by atoms with van der Waals surface area (Å²) in [5.41, 5.74) is 2.65. The second-order valence-corrected chi connectivity index (χ2v) is 8.98. The number of methoxy groups -OCH3 is 2. The van der Waals surface area contributed by atoms with Crippen LogP contribution in [-0.2, 0) is 14.4 Å². The van der Waals surface area contributed by atoms with Crippen molar-refractivity contribution in [1.29, 1.82) is 0 Å². The van der Waals surface area contributed by atoms with Gasteiger partial charge in [-0.15, -0.1) is 0 Å². The Morgan fingerprint density at radius 2 is 1.59 bits per heavy atom. The highest BCUT2D eigenvalue weighted by molar-refractivity contribution is 6.24. The van der Waals surface area contributed by atoms with E-state index in [4.69, 9.17) is 14.3 Å². The van der Waals surface area contributed by atoms with E-state index in [-0.39, 0.29) is 22.7 Å². The zero-order valence-corrected chi connectivity index (χ0v) is 20.7. The normalized spacial score (nSPS) is 20.8. The maximum atomic E-state index is 13.9. The van der Waals surface area contributed by atoms with Gasteiger partial charge in [-0.2, -0.15) is 0 Å². The van der Waals surface area contributed by atoms with Gasteiger partial charge in [-0.25, -0.2) is 9.96 Å². The largest absolute Gasteiger partial charge is 0.493 e. The number of carbonyl (C=O) groups excluding carboxylic acids is 2. The number of hydrogen-bond donors (Lipinski definition) is 0. The minimum absolute atomic E-state index is 0.169. The third-order valence-electron chi connectivity index (χ3n) is 6.77. The summed E-state index contributed by atoms with van der Waals surface area (Å²) in [4.78, 5) is 46.4. The molecule has 0 bridgehead atoms. The number of benzene rings is 3. The molecule has 37 heavy (non-hydrogen) atoms. The molecule has 0 spiro atoms. The Bertz CT molecular complexity index is 1410. The average Bonchev–Trinajstić information content (AvgIpc) is 3.39. The molecule has 5 rings (SSSR count). The van der Waals surface area contributed by atoms with E-state index in [2.05, 4.69) is 0 Å². The average molecular weight is 504 g/mol. The molecule has 0 N–H and O–H groups in total. The highest BCUT2D eigenvalue weighted by Crippen LogP contribution is 2.51. The van der Waals surface area contributed by atoms with Gasteiger partial charge < -0.3 is 9.47 Å². The van der Waals surface area contributed by atoms with Crippen LogP contribution < -0.4 is 19.4 Å². The lowest BCUT2D eigenvalue weighted by molar-refractivity contribution is -0.385. The molecular formula is C27H25N3O7. The zero-order valence-electron chi connectivity index (χ0n) is 20.7. The van der Waals surface area contributed by atoms with Crippen molar-refractivity contribution in [2.24, 2.45) is 5.92 Å². The first-order chi connectivity index (χ1) is 17.8. The van der Waals surface area contributed by atoms with Crippen LogP contribution in [0.25, 0.3) is 0 Å². The van der Waals surface area contributed by atoms with Crippen LogP contribution in [0.1, 0.15) is 22.7 Å². The Kier molecular flexibility index (Phi) is 6.04. The van der Waals surface area contributed by atoms with Gasteiger partial charge in [0.15, 0.2) is 17.6 Å². The van der Waals surface area contributed by atoms with Crippen molar-refractivity contribution >= 4 is 28.9 Å². The fraction of sp³-hybridized carbons (Fsp3) is 0.259. The van der Waals surface area contributed by atoms with Crippen molar-refractivity contribution in [2.45, 2.75) is 26.0 Å². The zero-order chi connectivity index (χ0) is 26.4. The predicted molar refractivity (Wildman–Crippen MR) is 135 cm³/mol. The second-order valence-electron chi connectivity index (χ2n) is 8.98. The van der Waals surface area contributed by atoms with Crippen molar-refractivity contribution in [3.63, 3.8) is 0 Å². The molecule has 2 aliphatic rings. The van der Waals surface area contributed by atoms with E-state index in [1.165, 1.54) is 31.4 Å². The number of imide groups is 1. The number of anilines is 2. The number of ether oxygens (including phenoxy) is 2. The fourth-order valence-corrected chi connectivity index (χ4v) is 5.10. The number of rotatable bonds is 6. The van der Waals surface area contributed by atoms with Crippen LogP contribution in [0.5, 0.6) is 11.5 Å². The Hall–Kier alpha value is -4.44. The standard InChI is InChI=1S/C27H25N3O7/c1-15-10-11-19(16(2)12-15)28-26(31)23-24(18-13-21(35-3)22(36-4)14-20(18)30(33)34)29(37-25(23)27(28)32)17-8-6-5-7-9-17/h5-14,23-25H,1-4H3/t23-,24+,25+/m1/s1. The maximum absolute atomic E-state index is 13.9. The molecule has 0 saturated carbocycles. The quantitative estimate of drug-likeness (QED) is 0.278. The molecule has 2 fully saturated rings. The van der Waals surface area contributed by atoms with Crippen LogP contribution in [0.15, 0.2) is 60.7 Å². The van der Waals surface area contributed by atoms with Crippen molar-refractivity contribution in [1.82, 2.24) is 0 Å². The topological polar surface area (TPSA) is 111 Å². The summed E-state index contributed by atoms with van der Waals surface area (Å²) in [5.74, 6) is -1.62. The Morgan fingerprint density at radius 3 is 2.22 bits per heavy atom. The van der Waals surface area contributed by atoms with Crippen molar-refractivity contribution < 1.29 is 28.8 Å². The first kappa shape index (κ1) is 24.3. The molecule has 0 aromatic heterocycles. The molecule has 0 radical (unpaired) electrons. The number of nitro benzene ring substituents is 1. The Labute approximate surface area is 213 Å². The van der Waals surface area contributed by atoms with Gasteiger partial charge in [0.25, 0.3) is 11.6 Å². The number of hydrogen-bond acceptors (Lipinski definition) is 8. The molecule has 3 atom stereocenters. The van der Waals surface area contributed by atoms with Crippen LogP contribution >= 0.6 is 0 Å². The van der Waals surface area contributed by atoms with E-state index >= 15 is 0 Å². The summed E-state index contributed by atoms with van der Waals surface area (Å²) in [6.45, 7) is 3.75. The summed E-state index contributed by atoms with van der Waals surface area (Å²) < 4.78 is 10.7. The van der Waals surface area contributed by atoms with Crippen LogP contribution in [0.4, 0.5) is 17.1 Å². The van der Waals surface area contributed by atoms with Crippen molar-refractivity contribution in [3.05, 3.63) is 87.5 Å². The minimum Gasteiger partial charge on any atom is -0.493 e. The van der Waals surface area contributed by atoms with E-state index in [0.29, 0.717) is 11.4 Å². The number of fused-ring (bicyclic) bond motifs is 1. The maximum Gasteiger partial charge on any atom is 0.278 e. The predicted octanol–water partition coefficient (Wildman–Crippen LogP) is 4.28. The molecule has 0 unspecified atom stereocenters. The second kappa shape index (κ2) is 9.21. The van der Waals surface area contributed by atoms with Gasteiger partial charge in [0.05, 0.1) is 42.1 Å². The third kappa shape index (κ3) is 3.86. The Morgan fingerprint density at radius 1 is 0.919 bits per heavy atom. The lowest BCUT2D eigenvalue weighted by Crippen LogP contribution is -2.38. The molecule has 2 saturated heterocycles. The van der Waals surface area contributed by atoms with Crippen LogP contribution in [-0.4, -0.2) is 37.1 Å². The minimum atomic E-state index is -1.16. The lowest BCUT2D eigenvalue weighted by Gasteiger charge is -2.29. The molecule has 2 aliphatic heterocycles. The number of carbonyl (C=O) groups is 2. The van der Waals surface area contributed by atoms with E-state index in [9.17, 15) is 19.7 Å². The van der Waals surface area contributed by atoms with E-state index in [1.54, 1.807) is 30.3 Å². The summed E-state index contributed by atoms with van der Waals surface area (Å²) in [5, 5.41) is 13.6. The molecule has 190 valence electrons. The number of para-hydroxylation sites is 1. The SMILES string of the molecule is COc1cc([C@H]2[C@H]3C(=O)N(c4ccc(C)cc4C)C(=O)[C@H]3ON2c2ccccc2)c([N+](=O)[O-])cc1OC. The van der Waals surface area contributed by atoms with E-state index in [0.717, 1.165) is 16.0 Å². The Balaban J connectivity index is 1.69. The molecule has 3 aromatic carbocycles. The number of nitrogens with zero attached hydrogens (tertiary/aromatic N) is 3. The molecule has 2 amide bonds. The van der Waals surface area contributed by atoms with Gasteiger partial charge in [0, 0.05) is 0 Å². The van der Waals surface area contributed by atoms with Gasteiger partial charge in [-0.05, 0) is 43.7 Å². The molecule has 0 aliphatic carbocycles. The summed E-state index contributed by atoms with van der Waals surface area (Å²) >= 11 is 0. The molecule has 2 heterocycles. The van der Waals surface area contributed by atoms with Crippen molar-refractivity contribution in [3.8, 4) is 11.5 Å². The number of amides is 2. The summed E-state index contributed by atoms with van der Waals surface area (Å²) in [6.07, 6.45) is -1.16. The smallest absolute Gasteiger partial charge is 0.278 e. The number of nitro groups is 1. The molecule has 10 heteroatoms. The van der Waals surface area contributed by atoms with Gasteiger partial charge in [-0.1, -0.05) is 35.9 Å². The fourth-order valence-electron chi connectivity index (χ4n) is 5.10. The van der Waals surface area contributed by atoms with Gasteiger partial charge in [0.1, 0.15) is 12.0 Å². The van der Waals surface area contributed by atoms with E-state index < -0.39 is 34.8 Å². The van der Waals surface area contributed by atoms with E-state index in [1.807, 2.05) is 32.0 Å². The van der Waals surface area contributed by atoms with Crippen LogP contribution in [0.2, 0.25) is 0 Å². The lowest BCUT2D eigenvalue weighted by atomic mass is 9.89. The van der Waals surface area contributed by atoms with Gasteiger partial charge in [0.2, 0.25) is 5.91 Å². The highest BCUT2D eigenvalue weighted by Gasteiger charge is 2.61. The molecule has 10 nitrogen and oxygen atoms in total. The first-order valence-electron chi connectivity index (χ1n) is 11.6. The van der Waals surface area contributed by atoms with Crippen LogP contribution in [0.3, 0.4) is 0 Å². The van der Waals surface area contributed by atoms with Gasteiger partial charge in [-0.3, -0.25) is 24.5 Å². The molecule has 3 aromatic rings. The first-order valence-corrected chi connectivity index (χ1v) is 11.6. The summed E-state index contributed by atoms with van der Waals surface area (Å²) in [6, 6.07) is 16.0. The summed E-state index contributed by atoms with van der Waals surface area (Å²) in [7, 11) is 2.80. The number of hydroxylamine groups is 1. The highest BCUT2D eigenvalue weighted by atomic mass is 16.7. The molecular weight excluding hydrogens is 478 g/mol. The van der Waals surface area contributed by atoms with Crippen LogP contribution in [0, 0.1) is 29.9 Å².